The van der Waals surface area contributed by atoms with Crippen molar-refractivity contribution in [1.29, 1.82) is 5.26 Å². The van der Waals surface area contributed by atoms with Gasteiger partial charge in [0.05, 0.1) is 5.56 Å². The smallest absolute Gasteiger partial charge is 0.335 e. The summed E-state index contributed by atoms with van der Waals surface area (Å²) < 4.78 is 5.69. The van der Waals surface area contributed by atoms with Gasteiger partial charge in [0.25, 0.3) is 5.91 Å². The van der Waals surface area contributed by atoms with E-state index in [-0.39, 0.29) is 11.1 Å². The summed E-state index contributed by atoms with van der Waals surface area (Å²) in [6.45, 7) is 0. The molecular weight excluding hydrogens is 392 g/mol. The first-order valence-electron chi connectivity index (χ1n) is 9.39. The van der Waals surface area contributed by atoms with E-state index >= 15 is 0 Å². The number of nitrogens with one attached hydrogen (secondary N) is 1. The Labute approximate surface area is 177 Å². The molecule has 1 aromatic heterocycles. The number of carboxylic acid groups (broad SMARTS) is 1. The van der Waals surface area contributed by atoms with Gasteiger partial charge in [-0.2, -0.15) is 5.26 Å². The van der Waals surface area contributed by atoms with E-state index in [0.29, 0.717) is 22.8 Å². The van der Waals surface area contributed by atoms with Crippen molar-refractivity contribution in [1.82, 2.24) is 0 Å². The number of anilines is 1. The van der Waals surface area contributed by atoms with E-state index in [1.54, 1.807) is 30.3 Å². The lowest BCUT2D eigenvalue weighted by molar-refractivity contribution is -0.112. The van der Waals surface area contributed by atoms with Gasteiger partial charge < -0.3 is 14.8 Å². The average molecular weight is 408 g/mol. The number of amides is 1. The Balaban J connectivity index is 1.55. The number of hydrogen-bond donors (Lipinski definition) is 2. The van der Waals surface area contributed by atoms with Crippen LogP contribution in [0, 0.1) is 11.3 Å². The molecule has 0 bridgehead atoms. The molecule has 1 heterocycles. The molecule has 1 amide bonds. The highest BCUT2D eigenvalue weighted by Gasteiger charge is 2.13. The average Bonchev–Trinajstić information content (AvgIpc) is 3.26. The van der Waals surface area contributed by atoms with Gasteiger partial charge in [0.1, 0.15) is 23.2 Å². The molecule has 0 saturated carbocycles. The van der Waals surface area contributed by atoms with Crippen LogP contribution in [0.25, 0.3) is 28.2 Å². The zero-order valence-corrected chi connectivity index (χ0v) is 16.2. The SMILES string of the molecule is N#CC(=Cc1ccc(-c2cccc(C(=O)O)c2)o1)C(=O)Nc1ccc2ccccc2c1. The number of carbonyl (C=O) groups is 2. The topological polar surface area (TPSA) is 103 Å². The summed E-state index contributed by atoms with van der Waals surface area (Å²) in [6, 6.07) is 24.7. The monoisotopic (exact) mass is 408 g/mol. The third-order valence-electron chi connectivity index (χ3n) is 4.68. The van der Waals surface area contributed by atoms with Gasteiger partial charge in [-0.3, -0.25) is 4.79 Å². The van der Waals surface area contributed by atoms with E-state index in [1.807, 2.05) is 42.5 Å². The molecule has 31 heavy (non-hydrogen) atoms. The number of aromatic carboxylic acids is 1. The second-order valence-corrected chi connectivity index (χ2v) is 6.77. The van der Waals surface area contributed by atoms with E-state index in [1.165, 1.54) is 18.2 Å². The molecule has 0 atom stereocenters. The number of carbonyl (C=O) groups excluding carboxylic acids is 1. The van der Waals surface area contributed by atoms with Crippen molar-refractivity contribution >= 4 is 34.4 Å². The minimum Gasteiger partial charge on any atom is -0.478 e. The number of nitriles is 1. The number of benzene rings is 3. The summed E-state index contributed by atoms with van der Waals surface area (Å²) >= 11 is 0. The predicted octanol–water partition coefficient (Wildman–Crippen LogP) is 5.34. The lowest BCUT2D eigenvalue weighted by atomic mass is 10.1. The van der Waals surface area contributed by atoms with Gasteiger partial charge >= 0.3 is 5.97 Å². The van der Waals surface area contributed by atoms with Crippen LogP contribution in [0.1, 0.15) is 16.1 Å². The second kappa shape index (κ2) is 8.39. The van der Waals surface area contributed by atoms with Crippen LogP contribution in [0.5, 0.6) is 0 Å². The molecule has 3 aromatic carbocycles. The largest absolute Gasteiger partial charge is 0.478 e. The van der Waals surface area contributed by atoms with Crippen LogP contribution in [-0.4, -0.2) is 17.0 Å². The fourth-order valence-electron chi connectivity index (χ4n) is 3.15. The number of carboxylic acids is 1. The molecule has 0 aliphatic rings. The van der Waals surface area contributed by atoms with Gasteiger partial charge in [-0.25, -0.2) is 4.79 Å². The summed E-state index contributed by atoms with van der Waals surface area (Å²) in [5.74, 6) is -0.850. The minimum atomic E-state index is -1.04. The van der Waals surface area contributed by atoms with Crippen LogP contribution in [0.3, 0.4) is 0 Å². The van der Waals surface area contributed by atoms with Gasteiger partial charge in [-0.05, 0) is 47.2 Å². The maximum absolute atomic E-state index is 12.6. The van der Waals surface area contributed by atoms with Crippen molar-refractivity contribution in [2.45, 2.75) is 0 Å². The fourth-order valence-corrected chi connectivity index (χ4v) is 3.15. The summed E-state index contributed by atoms with van der Waals surface area (Å²) in [7, 11) is 0. The number of hydrogen-bond acceptors (Lipinski definition) is 4. The zero-order chi connectivity index (χ0) is 21.8. The van der Waals surface area contributed by atoms with Gasteiger partial charge in [0.2, 0.25) is 0 Å². The summed E-state index contributed by atoms with van der Waals surface area (Å²) in [4.78, 5) is 23.7. The highest BCUT2D eigenvalue weighted by molar-refractivity contribution is 6.10. The number of furan rings is 1. The molecule has 4 rings (SSSR count). The Kier molecular flexibility index (Phi) is 5.33. The van der Waals surface area contributed by atoms with Crippen LogP contribution in [-0.2, 0) is 4.79 Å². The first-order chi connectivity index (χ1) is 15.0. The minimum absolute atomic E-state index is 0.117. The second-order valence-electron chi connectivity index (χ2n) is 6.77. The van der Waals surface area contributed by atoms with Crippen LogP contribution in [0.4, 0.5) is 5.69 Å². The van der Waals surface area contributed by atoms with Crippen molar-refractivity contribution in [3.8, 4) is 17.4 Å². The van der Waals surface area contributed by atoms with Crippen molar-refractivity contribution in [2.24, 2.45) is 0 Å². The number of fused-ring (bicyclic) bond motifs is 1. The maximum Gasteiger partial charge on any atom is 0.335 e. The quantitative estimate of drug-likeness (QED) is 0.342. The Morgan fingerprint density at radius 2 is 1.74 bits per heavy atom. The molecule has 0 radical (unpaired) electrons. The molecule has 2 N–H and O–H groups in total. The van der Waals surface area contributed by atoms with Crippen LogP contribution in [0.15, 0.2) is 88.9 Å². The van der Waals surface area contributed by atoms with Crippen LogP contribution in [0.2, 0.25) is 0 Å². The molecule has 6 nitrogen and oxygen atoms in total. The van der Waals surface area contributed by atoms with E-state index in [9.17, 15) is 14.9 Å². The Hall–Kier alpha value is -4.63. The van der Waals surface area contributed by atoms with E-state index in [0.717, 1.165) is 10.8 Å². The fraction of sp³-hybridized carbons (Fsp3) is 0. The van der Waals surface area contributed by atoms with Crippen molar-refractivity contribution in [2.75, 3.05) is 5.32 Å². The summed E-state index contributed by atoms with van der Waals surface area (Å²) in [5, 5.41) is 23.3. The lowest BCUT2D eigenvalue weighted by Crippen LogP contribution is -2.13. The Morgan fingerprint density at radius 1 is 0.935 bits per heavy atom. The van der Waals surface area contributed by atoms with Gasteiger partial charge in [-0.15, -0.1) is 0 Å². The van der Waals surface area contributed by atoms with E-state index in [4.69, 9.17) is 9.52 Å². The summed E-state index contributed by atoms with van der Waals surface area (Å²) in [5.41, 5.74) is 1.18. The van der Waals surface area contributed by atoms with Crippen LogP contribution >= 0.6 is 0 Å². The molecule has 0 aliphatic carbocycles. The molecular formula is C25H16N2O4. The Morgan fingerprint density at radius 3 is 2.52 bits per heavy atom. The number of nitrogens with zero attached hydrogens (tertiary/aromatic N) is 1. The highest BCUT2D eigenvalue weighted by Crippen LogP contribution is 2.25. The predicted molar refractivity (Wildman–Crippen MR) is 117 cm³/mol. The van der Waals surface area contributed by atoms with Gasteiger partial charge in [-0.1, -0.05) is 42.5 Å². The molecule has 0 fully saturated rings. The van der Waals surface area contributed by atoms with Crippen LogP contribution < -0.4 is 5.32 Å². The molecule has 0 aliphatic heterocycles. The summed E-state index contributed by atoms with van der Waals surface area (Å²) in [6.07, 6.45) is 1.35. The van der Waals surface area contributed by atoms with Crippen molar-refractivity contribution < 1.29 is 19.1 Å². The maximum atomic E-state index is 12.6. The van der Waals surface area contributed by atoms with E-state index < -0.39 is 11.9 Å². The van der Waals surface area contributed by atoms with E-state index in [2.05, 4.69) is 5.32 Å². The molecule has 0 spiro atoms. The number of rotatable bonds is 5. The standard InChI is InChI=1S/C25H16N2O4/c26-15-20(24(28)27-21-9-8-16-4-1-2-5-17(16)13-21)14-22-10-11-23(31-22)18-6-3-7-19(12-18)25(29)30/h1-14H,(H,27,28)(H,29,30). The highest BCUT2D eigenvalue weighted by atomic mass is 16.4. The first kappa shape index (κ1) is 19.7. The first-order valence-corrected chi connectivity index (χ1v) is 9.39. The lowest BCUT2D eigenvalue weighted by Gasteiger charge is -2.05. The van der Waals surface area contributed by atoms with Gasteiger partial charge in [0, 0.05) is 17.3 Å². The molecule has 150 valence electrons. The third kappa shape index (κ3) is 4.36. The van der Waals surface area contributed by atoms with Crippen molar-refractivity contribution in [3.63, 3.8) is 0 Å². The van der Waals surface area contributed by atoms with Crippen molar-refractivity contribution in [3.05, 3.63) is 95.8 Å². The third-order valence-corrected chi connectivity index (χ3v) is 4.68. The zero-order valence-electron chi connectivity index (χ0n) is 16.2. The molecule has 0 unspecified atom stereocenters. The molecule has 0 saturated heterocycles. The molecule has 6 heteroatoms. The van der Waals surface area contributed by atoms with Gasteiger partial charge in [0.15, 0.2) is 0 Å². The Bertz CT molecular complexity index is 1380. The normalized spacial score (nSPS) is 11.1. The molecule has 4 aromatic rings.